The van der Waals surface area contributed by atoms with Crippen molar-refractivity contribution in [1.82, 2.24) is 0 Å². The van der Waals surface area contributed by atoms with E-state index in [0.29, 0.717) is 10.2 Å². The molecular weight excluding hydrogens is 334 g/mol. The summed E-state index contributed by atoms with van der Waals surface area (Å²) in [5.41, 5.74) is 0.572. The summed E-state index contributed by atoms with van der Waals surface area (Å²) in [7, 11) is 0. The summed E-state index contributed by atoms with van der Waals surface area (Å²) in [6.45, 7) is 0. The largest absolute Gasteiger partial charge is 0.507 e. The van der Waals surface area contributed by atoms with Gasteiger partial charge in [0.05, 0.1) is 10.6 Å². The lowest BCUT2D eigenvalue weighted by Gasteiger charge is -2.08. The van der Waals surface area contributed by atoms with E-state index >= 15 is 0 Å². The van der Waals surface area contributed by atoms with Crippen molar-refractivity contribution in [2.45, 2.75) is 0 Å². The number of carbonyl (C=O) groups is 1. The fourth-order valence-corrected chi connectivity index (χ4v) is 2.01. The van der Waals surface area contributed by atoms with Gasteiger partial charge in [0, 0.05) is 10.2 Å². The summed E-state index contributed by atoms with van der Waals surface area (Å²) in [5.74, 6) is -0.658. The molecule has 0 heterocycles. The van der Waals surface area contributed by atoms with Crippen LogP contribution >= 0.6 is 27.5 Å². The Morgan fingerprint density at radius 1 is 1.11 bits per heavy atom. The van der Waals surface area contributed by atoms with Crippen molar-refractivity contribution in [3.05, 3.63) is 51.5 Å². The highest BCUT2D eigenvalue weighted by molar-refractivity contribution is 9.10. The summed E-state index contributed by atoms with van der Waals surface area (Å²) in [6.07, 6.45) is 0. The zero-order valence-electron chi connectivity index (χ0n) is 9.52. The minimum absolute atomic E-state index is 0.0637. The molecular formula is C13H9BrClNO3. The van der Waals surface area contributed by atoms with E-state index in [4.69, 9.17) is 11.6 Å². The van der Waals surface area contributed by atoms with Crippen LogP contribution in [0.5, 0.6) is 11.5 Å². The fourth-order valence-electron chi connectivity index (χ4n) is 1.48. The zero-order chi connectivity index (χ0) is 14.0. The molecule has 3 N–H and O–H groups in total. The Morgan fingerprint density at radius 2 is 1.84 bits per heavy atom. The molecule has 0 saturated heterocycles. The molecule has 0 aliphatic rings. The highest BCUT2D eigenvalue weighted by atomic mass is 79.9. The normalized spacial score (nSPS) is 10.2. The molecule has 4 nitrogen and oxygen atoms in total. The Bertz CT molecular complexity index is 646. The number of phenols is 2. The molecule has 0 spiro atoms. The molecule has 6 heteroatoms. The maximum Gasteiger partial charge on any atom is 0.259 e. The lowest BCUT2D eigenvalue weighted by atomic mass is 10.2. The lowest BCUT2D eigenvalue weighted by Crippen LogP contribution is -2.11. The molecule has 0 bridgehead atoms. The highest BCUT2D eigenvalue weighted by Gasteiger charge is 2.12. The summed E-state index contributed by atoms with van der Waals surface area (Å²) in [4.78, 5) is 12.0. The van der Waals surface area contributed by atoms with E-state index < -0.39 is 5.91 Å². The maximum atomic E-state index is 12.0. The minimum Gasteiger partial charge on any atom is -0.507 e. The van der Waals surface area contributed by atoms with Crippen LogP contribution in [-0.4, -0.2) is 16.1 Å². The fraction of sp³-hybridized carbons (Fsp3) is 0. The van der Waals surface area contributed by atoms with Crippen LogP contribution in [0.15, 0.2) is 40.9 Å². The van der Waals surface area contributed by atoms with E-state index in [-0.39, 0.29) is 22.1 Å². The Kier molecular flexibility index (Phi) is 3.97. The lowest BCUT2D eigenvalue weighted by molar-refractivity contribution is 0.102. The molecule has 1 amide bonds. The number of carbonyl (C=O) groups excluding carboxylic acids is 1. The van der Waals surface area contributed by atoms with E-state index in [0.717, 1.165) is 0 Å². The second kappa shape index (κ2) is 5.50. The van der Waals surface area contributed by atoms with Gasteiger partial charge in [-0.15, -0.1) is 0 Å². The SMILES string of the molecule is O=C(Nc1ccc(O)c(Cl)c1)c1ccc(Br)cc1O. The first-order valence-corrected chi connectivity index (χ1v) is 6.43. The first kappa shape index (κ1) is 13.7. The summed E-state index contributed by atoms with van der Waals surface area (Å²) >= 11 is 8.93. The molecule has 2 aromatic rings. The summed E-state index contributed by atoms with van der Waals surface area (Å²) in [5, 5.41) is 21.7. The van der Waals surface area contributed by atoms with Gasteiger partial charge in [-0.3, -0.25) is 4.79 Å². The van der Waals surface area contributed by atoms with Crippen LogP contribution < -0.4 is 5.32 Å². The predicted octanol–water partition coefficient (Wildman–Crippen LogP) is 3.77. The van der Waals surface area contributed by atoms with Crippen molar-refractivity contribution in [2.75, 3.05) is 5.32 Å². The Balaban J connectivity index is 2.23. The van der Waals surface area contributed by atoms with Gasteiger partial charge in [-0.2, -0.15) is 0 Å². The summed E-state index contributed by atoms with van der Waals surface area (Å²) in [6, 6.07) is 8.88. The van der Waals surface area contributed by atoms with Crippen molar-refractivity contribution in [1.29, 1.82) is 0 Å². The van der Waals surface area contributed by atoms with E-state index in [1.807, 2.05) is 0 Å². The van der Waals surface area contributed by atoms with E-state index in [1.54, 1.807) is 6.07 Å². The molecule has 0 radical (unpaired) electrons. The number of amides is 1. The first-order valence-electron chi connectivity index (χ1n) is 5.26. The first-order chi connectivity index (χ1) is 8.97. The standard InChI is InChI=1S/C13H9BrClNO3/c14-7-1-3-9(12(18)5-7)13(19)16-8-2-4-11(17)10(15)6-8/h1-6,17-18H,(H,16,19). The topological polar surface area (TPSA) is 69.6 Å². The van der Waals surface area contributed by atoms with Crippen LogP contribution in [0, 0.1) is 0 Å². The van der Waals surface area contributed by atoms with Crippen molar-refractivity contribution < 1.29 is 15.0 Å². The number of anilines is 1. The molecule has 0 saturated carbocycles. The van der Waals surface area contributed by atoms with Gasteiger partial charge in [0.2, 0.25) is 0 Å². The quantitative estimate of drug-likeness (QED) is 0.728. The van der Waals surface area contributed by atoms with Gasteiger partial charge < -0.3 is 15.5 Å². The average Bonchev–Trinajstić information content (AvgIpc) is 2.33. The van der Waals surface area contributed by atoms with Crippen LogP contribution in [0.3, 0.4) is 0 Å². The Labute approximate surface area is 122 Å². The number of halogens is 2. The number of phenolic OH excluding ortho intramolecular Hbond substituents is 2. The van der Waals surface area contributed by atoms with Crippen LogP contribution in [0.4, 0.5) is 5.69 Å². The van der Waals surface area contributed by atoms with Crippen molar-refractivity contribution >= 4 is 39.1 Å². The molecule has 0 atom stereocenters. The second-order valence-corrected chi connectivity index (χ2v) is 5.10. The van der Waals surface area contributed by atoms with E-state index in [2.05, 4.69) is 21.2 Å². The number of nitrogens with one attached hydrogen (secondary N) is 1. The third-order valence-electron chi connectivity index (χ3n) is 2.41. The molecule has 2 rings (SSSR count). The van der Waals surface area contributed by atoms with E-state index in [1.165, 1.54) is 30.3 Å². The van der Waals surface area contributed by atoms with Crippen LogP contribution in [0.2, 0.25) is 5.02 Å². The number of aromatic hydroxyl groups is 2. The number of hydrogen-bond donors (Lipinski definition) is 3. The maximum absolute atomic E-state index is 12.0. The van der Waals surface area contributed by atoms with Gasteiger partial charge in [0.1, 0.15) is 11.5 Å². The third-order valence-corrected chi connectivity index (χ3v) is 3.21. The molecule has 0 aliphatic carbocycles. The number of hydrogen-bond acceptors (Lipinski definition) is 3. The Morgan fingerprint density at radius 3 is 2.47 bits per heavy atom. The monoisotopic (exact) mass is 341 g/mol. The zero-order valence-corrected chi connectivity index (χ0v) is 11.9. The van der Waals surface area contributed by atoms with Crippen LogP contribution in [0.1, 0.15) is 10.4 Å². The van der Waals surface area contributed by atoms with Crippen molar-refractivity contribution in [2.24, 2.45) is 0 Å². The van der Waals surface area contributed by atoms with Gasteiger partial charge >= 0.3 is 0 Å². The minimum atomic E-state index is -0.466. The molecule has 2 aromatic carbocycles. The van der Waals surface area contributed by atoms with Gasteiger partial charge in [0.25, 0.3) is 5.91 Å². The molecule has 98 valence electrons. The number of rotatable bonds is 2. The number of benzene rings is 2. The van der Waals surface area contributed by atoms with Gasteiger partial charge in [-0.05, 0) is 36.4 Å². The Hall–Kier alpha value is -1.72. The van der Waals surface area contributed by atoms with Gasteiger partial charge in [-0.25, -0.2) is 0 Å². The molecule has 0 fully saturated rings. The second-order valence-electron chi connectivity index (χ2n) is 3.78. The smallest absolute Gasteiger partial charge is 0.259 e. The molecule has 0 unspecified atom stereocenters. The van der Waals surface area contributed by atoms with Crippen LogP contribution in [0.25, 0.3) is 0 Å². The third kappa shape index (κ3) is 3.19. The molecule has 0 aliphatic heterocycles. The van der Waals surface area contributed by atoms with Gasteiger partial charge in [-0.1, -0.05) is 27.5 Å². The summed E-state index contributed by atoms with van der Waals surface area (Å²) < 4.78 is 0.675. The van der Waals surface area contributed by atoms with Crippen molar-refractivity contribution in [3.63, 3.8) is 0 Å². The average molecular weight is 343 g/mol. The molecule has 0 aromatic heterocycles. The van der Waals surface area contributed by atoms with Crippen molar-refractivity contribution in [3.8, 4) is 11.5 Å². The highest BCUT2D eigenvalue weighted by Crippen LogP contribution is 2.27. The van der Waals surface area contributed by atoms with Gasteiger partial charge in [0.15, 0.2) is 0 Å². The molecule has 19 heavy (non-hydrogen) atoms. The predicted molar refractivity (Wildman–Crippen MR) is 76.9 cm³/mol. The van der Waals surface area contributed by atoms with Crippen LogP contribution in [-0.2, 0) is 0 Å². The van der Waals surface area contributed by atoms with E-state index in [9.17, 15) is 15.0 Å².